The summed E-state index contributed by atoms with van der Waals surface area (Å²) in [6.07, 6.45) is 45.9. The van der Waals surface area contributed by atoms with Crippen molar-refractivity contribution in [1.29, 1.82) is 0 Å². The molecule has 0 bridgehead atoms. The normalized spacial score (nSPS) is 14.8. The van der Waals surface area contributed by atoms with Crippen molar-refractivity contribution in [3.05, 3.63) is 0 Å². The lowest BCUT2D eigenvalue weighted by Crippen LogP contribution is -2.30. The molecule has 0 aliphatic rings. The lowest BCUT2D eigenvalue weighted by atomic mass is 9.99. The van der Waals surface area contributed by atoms with Crippen molar-refractivity contribution in [3.8, 4) is 0 Å². The molecule has 0 aromatic carbocycles. The third-order valence-corrected chi connectivity index (χ3v) is 19.4. The van der Waals surface area contributed by atoms with Gasteiger partial charge in [-0.15, -0.1) is 0 Å². The SMILES string of the molecule is CCC(C)CCCCCCCCCCC(=O)O[C@H](COC(=O)CCCCCCCCCCCCCCCCCCC(C)C)COP(=O)(O)OCC(O)COP(=O)(O)OC[C@@H](COC(=O)CCCCCCCCCCC(C)C)OC(=O)CCCCCCCCC(C)CC. The second-order valence-electron chi connectivity index (χ2n) is 27.8. The molecule has 0 amide bonds. The molecule has 3 N–H and O–H groups in total. The molecule has 0 spiro atoms. The maximum absolute atomic E-state index is 13.0. The molecule has 7 atom stereocenters. The number of hydrogen-bond acceptors (Lipinski definition) is 15. The van der Waals surface area contributed by atoms with E-state index in [-0.39, 0.29) is 25.7 Å². The highest BCUT2D eigenvalue weighted by molar-refractivity contribution is 7.47. The van der Waals surface area contributed by atoms with Crippen molar-refractivity contribution < 1.29 is 80.2 Å². The number of carbonyl (C=O) groups excluding carboxylic acids is 4. The van der Waals surface area contributed by atoms with Crippen LogP contribution in [0.15, 0.2) is 0 Å². The highest BCUT2D eigenvalue weighted by atomic mass is 31.2. The van der Waals surface area contributed by atoms with Crippen LogP contribution >= 0.6 is 15.6 Å². The van der Waals surface area contributed by atoms with E-state index < -0.39 is 97.5 Å². The molecule has 0 aliphatic carbocycles. The summed E-state index contributed by atoms with van der Waals surface area (Å²) in [5.41, 5.74) is 0. The molecule has 0 heterocycles. The van der Waals surface area contributed by atoms with Gasteiger partial charge in [-0.2, -0.15) is 0 Å². The Hall–Kier alpha value is -1.94. The average molecular weight is 1350 g/mol. The van der Waals surface area contributed by atoms with Gasteiger partial charge in [-0.3, -0.25) is 37.3 Å². The lowest BCUT2D eigenvalue weighted by Gasteiger charge is -2.21. The standard InChI is InChI=1S/C73H142O17P2/c1-9-65(7)51-43-35-27-22-24-30-39-47-55-72(77)89-68(59-83-70(75)53-45-37-28-20-18-16-14-12-11-13-15-17-19-25-33-41-49-63(3)4)61-87-91(79,80)85-57-67(74)58-86-92(81,82)88-62-69(90-73(78)56-48-40-32-31-36-44-52-66(8)10-2)60-84-71(76)54-46-38-29-23-21-26-34-42-50-64(5)6/h63-69,74H,9-62H2,1-8H3,(H,79,80)(H,81,82)/t65?,66?,67?,68-,69-/m1/s1. The van der Waals surface area contributed by atoms with Crippen molar-refractivity contribution in [1.82, 2.24) is 0 Å². The number of phosphoric ester groups is 2. The summed E-state index contributed by atoms with van der Waals surface area (Å²) in [5.74, 6) is 0.899. The molecule has 0 radical (unpaired) electrons. The average Bonchev–Trinajstić information content (AvgIpc) is 2.42. The highest BCUT2D eigenvalue weighted by Gasteiger charge is 2.30. The van der Waals surface area contributed by atoms with Gasteiger partial charge in [0, 0.05) is 25.7 Å². The van der Waals surface area contributed by atoms with E-state index in [1.807, 2.05) is 0 Å². The Balaban J connectivity index is 5.20. The number of carbonyl (C=O) groups is 4. The molecule has 0 aliphatic heterocycles. The van der Waals surface area contributed by atoms with Gasteiger partial charge in [0.15, 0.2) is 12.2 Å². The van der Waals surface area contributed by atoms with E-state index in [1.165, 1.54) is 167 Å². The van der Waals surface area contributed by atoms with Gasteiger partial charge in [0.2, 0.25) is 0 Å². The fourth-order valence-electron chi connectivity index (χ4n) is 11.0. The monoisotopic (exact) mass is 1350 g/mol. The summed E-state index contributed by atoms with van der Waals surface area (Å²) in [4.78, 5) is 72.6. The quantitative estimate of drug-likeness (QED) is 0.0222. The van der Waals surface area contributed by atoms with Crippen LogP contribution < -0.4 is 0 Å². The number of esters is 4. The molecule has 0 saturated heterocycles. The zero-order chi connectivity index (χ0) is 68.2. The van der Waals surface area contributed by atoms with Crippen LogP contribution in [-0.2, 0) is 65.4 Å². The topological polar surface area (TPSA) is 237 Å². The molecular formula is C73H142O17P2. The van der Waals surface area contributed by atoms with E-state index in [9.17, 15) is 43.2 Å². The first-order valence-electron chi connectivity index (χ1n) is 37.8. The van der Waals surface area contributed by atoms with Crippen LogP contribution in [0, 0.1) is 23.7 Å². The van der Waals surface area contributed by atoms with E-state index in [2.05, 4.69) is 55.4 Å². The van der Waals surface area contributed by atoms with E-state index >= 15 is 0 Å². The van der Waals surface area contributed by atoms with Gasteiger partial charge in [-0.05, 0) is 49.4 Å². The zero-order valence-electron chi connectivity index (χ0n) is 60.2. The minimum absolute atomic E-state index is 0.102. The third kappa shape index (κ3) is 64.1. The number of phosphoric acid groups is 2. The van der Waals surface area contributed by atoms with Gasteiger partial charge in [0.1, 0.15) is 19.3 Å². The molecule has 0 aromatic rings. The summed E-state index contributed by atoms with van der Waals surface area (Å²) in [6, 6.07) is 0. The number of hydrogen-bond donors (Lipinski definition) is 3. The van der Waals surface area contributed by atoms with Gasteiger partial charge in [0.05, 0.1) is 26.4 Å². The van der Waals surface area contributed by atoms with E-state index in [1.54, 1.807) is 0 Å². The highest BCUT2D eigenvalue weighted by Crippen LogP contribution is 2.45. The van der Waals surface area contributed by atoms with E-state index in [4.69, 9.17) is 37.0 Å². The first kappa shape index (κ1) is 90.1. The summed E-state index contributed by atoms with van der Waals surface area (Å²) < 4.78 is 68.4. The van der Waals surface area contributed by atoms with Gasteiger partial charge in [0.25, 0.3) is 0 Å². The second-order valence-corrected chi connectivity index (χ2v) is 30.7. The van der Waals surface area contributed by atoms with Crippen LogP contribution in [0.5, 0.6) is 0 Å². The predicted octanol–water partition coefficient (Wildman–Crippen LogP) is 20.9. The van der Waals surface area contributed by atoms with Crippen molar-refractivity contribution in [3.63, 3.8) is 0 Å². The van der Waals surface area contributed by atoms with Crippen molar-refractivity contribution in [2.45, 2.75) is 382 Å². The zero-order valence-corrected chi connectivity index (χ0v) is 62.0. The molecule has 92 heavy (non-hydrogen) atoms. The first-order chi connectivity index (χ1) is 44.2. The lowest BCUT2D eigenvalue weighted by molar-refractivity contribution is -0.161. The molecule has 0 saturated carbocycles. The van der Waals surface area contributed by atoms with Crippen molar-refractivity contribution >= 4 is 39.5 Å². The molecule has 17 nitrogen and oxygen atoms in total. The van der Waals surface area contributed by atoms with E-state index in [0.29, 0.717) is 25.7 Å². The van der Waals surface area contributed by atoms with Crippen LogP contribution in [0.2, 0.25) is 0 Å². The minimum atomic E-state index is -4.96. The Labute approximate surface area is 562 Å². The number of ether oxygens (including phenoxy) is 4. The maximum Gasteiger partial charge on any atom is 0.472 e. The van der Waals surface area contributed by atoms with Crippen LogP contribution in [0.1, 0.15) is 364 Å². The molecular weight excluding hydrogens is 1210 g/mol. The van der Waals surface area contributed by atoms with Crippen molar-refractivity contribution in [2.24, 2.45) is 23.7 Å². The number of unbranched alkanes of at least 4 members (excludes halogenated alkanes) is 34. The Morgan fingerprint density at radius 1 is 0.304 bits per heavy atom. The summed E-state index contributed by atoms with van der Waals surface area (Å²) in [7, 11) is -9.91. The number of rotatable bonds is 70. The number of aliphatic hydroxyl groups is 1. The largest absolute Gasteiger partial charge is 0.472 e. The molecule has 546 valence electrons. The fourth-order valence-corrected chi connectivity index (χ4v) is 12.5. The summed E-state index contributed by atoms with van der Waals surface area (Å²) in [5, 5.41) is 10.6. The first-order valence-corrected chi connectivity index (χ1v) is 40.8. The van der Waals surface area contributed by atoms with Gasteiger partial charge in [-0.1, -0.05) is 312 Å². The van der Waals surface area contributed by atoms with Gasteiger partial charge >= 0.3 is 39.5 Å². The van der Waals surface area contributed by atoms with Crippen molar-refractivity contribution in [2.75, 3.05) is 39.6 Å². The third-order valence-electron chi connectivity index (χ3n) is 17.5. The molecule has 0 fully saturated rings. The Morgan fingerprint density at radius 2 is 0.522 bits per heavy atom. The van der Waals surface area contributed by atoms with Crippen LogP contribution in [0.3, 0.4) is 0 Å². The second kappa shape index (κ2) is 62.6. The molecule has 19 heteroatoms. The molecule has 5 unspecified atom stereocenters. The minimum Gasteiger partial charge on any atom is -0.462 e. The number of aliphatic hydroxyl groups excluding tert-OH is 1. The molecule has 0 rings (SSSR count). The van der Waals surface area contributed by atoms with Gasteiger partial charge < -0.3 is 33.8 Å². The Morgan fingerprint density at radius 3 is 0.772 bits per heavy atom. The van der Waals surface area contributed by atoms with Crippen LogP contribution in [-0.4, -0.2) is 96.7 Å². The summed E-state index contributed by atoms with van der Waals surface area (Å²) >= 11 is 0. The molecule has 0 aromatic heterocycles. The van der Waals surface area contributed by atoms with Gasteiger partial charge in [-0.25, -0.2) is 9.13 Å². The predicted molar refractivity (Wildman–Crippen MR) is 372 cm³/mol. The van der Waals surface area contributed by atoms with E-state index in [0.717, 1.165) is 114 Å². The van der Waals surface area contributed by atoms with Crippen LogP contribution in [0.4, 0.5) is 0 Å². The fraction of sp³-hybridized carbons (Fsp3) is 0.945. The smallest absolute Gasteiger partial charge is 0.462 e. The Bertz CT molecular complexity index is 1820. The van der Waals surface area contributed by atoms with Crippen LogP contribution in [0.25, 0.3) is 0 Å². The Kier molecular flexibility index (Phi) is 61.3. The summed E-state index contributed by atoms with van der Waals surface area (Å²) in [6.45, 7) is 14.1. The maximum atomic E-state index is 13.0.